The van der Waals surface area contributed by atoms with Crippen molar-refractivity contribution in [2.24, 2.45) is 11.7 Å². The van der Waals surface area contributed by atoms with Gasteiger partial charge in [0.15, 0.2) is 0 Å². The van der Waals surface area contributed by atoms with Crippen LogP contribution in [0.4, 0.5) is 5.69 Å². The molecule has 1 aliphatic rings. The number of hydrogen-bond donors (Lipinski definition) is 2. The Morgan fingerprint density at radius 3 is 2.45 bits per heavy atom. The van der Waals surface area contributed by atoms with Crippen LogP contribution in [-0.4, -0.2) is 31.4 Å². The lowest BCUT2D eigenvalue weighted by molar-refractivity contribution is -0.119. The number of primary amides is 1. The van der Waals surface area contributed by atoms with Crippen molar-refractivity contribution in [3.05, 3.63) is 30.3 Å². The lowest BCUT2D eigenvalue weighted by Crippen LogP contribution is -2.35. The SMILES string of the molecule is NC(=O)CCN(C(=O)CCC1CCNCC1)c1ccccc1. The second-order valence-corrected chi connectivity index (χ2v) is 5.83. The summed E-state index contributed by atoms with van der Waals surface area (Å²) in [5.74, 6) is 0.317. The minimum atomic E-state index is -0.382. The number of nitrogens with two attached hydrogens (primary N) is 1. The molecule has 5 heteroatoms. The van der Waals surface area contributed by atoms with Gasteiger partial charge >= 0.3 is 0 Å². The van der Waals surface area contributed by atoms with Crippen LogP contribution in [0.15, 0.2) is 30.3 Å². The number of hydrogen-bond acceptors (Lipinski definition) is 3. The largest absolute Gasteiger partial charge is 0.370 e. The average molecular weight is 303 g/mol. The maximum atomic E-state index is 12.6. The number of para-hydroxylation sites is 1. The number of benzene rings is 1. The third-order valence-electron chi connectivity index (χ3n) is 4.18. The summed E-state index contributed by atoms with van der Waals surface area (Å²) in [6.07, 6.45) is 3.91. The fourth-order valence-electron chi connectivity index (χ4n) is 2.86. The minimum absolute atomic E-state index is 0.0750. The van der Waals surface area contributed by atoms with Crippen LogP contribution in [0.2, 0.25) is 0 Å². The zero-order valence-electron chi connectivity index (χ0n) is 13.0. The van der Waals surface area contributed by atoms with Crippen LogP contribution in [0.5, 0.6) is 0 Å². The van der Waals surface area contributed by atoms with Crippen LogP contribution < -0.4 is 16.0 Å². The molecule has 1 aromatic rings. The van der Waals surface area contributed by atoms with Gasteiger partial charge < -0.3 is 16.0 Å². The summed E-state index contributed by atoms with van der Waals surface area (Å²) >= 11 is 0. The van der Waals surface area contributed by atoms with Gasteiger partial charge in [-0.2, -0.15) is 0 Å². The molecule has 0 atom stereocenters. The molecular formula is C17H25N3O2. The zero-order chi connectivity index (χ0) is 15.8. The Balaban J connectivity index is 1.94. The van der Waals surface area contributed by atoms with E-state index in [1.54, 1.807) is 4.90 Å². The van der Waals surface area contributed by atoms with Crippen molar-refractivity contribution in [3.63, 3.8) is 0 Å². The Morgan fingerprint density at radius 1 is 1.14 bits per heavy atom. The van der Waals surface area contributed by atoms with Crippen LogP contribution in [0.3, 0.4) is 0 Å². The van der Waals surface area contributed by atoms with E-state index in [9.17, 15) is 9.59 Å². The van der Waals surface area contributed by atoms with E-state index in [0.29, 0.717) is 18.9 Å². The fraction of sp³-hybridized carbons (Fsp3) is 0.529. The predicted octanol–water partition coefficient (Wildman–Crippen LogP) is 1.67. The lowest BCUT2D eigenvalue weighted by Gasteiger charge is -2.25. The molecule has 22 heavy (non-hydrogen) atoms. The minimum Gasteiger partial charge on any atom is -0.370 e. The molecule has 5 nitrogen and oxygen atoms in total. The van der Waals surface area contributed by atoms with Crippen LogP contribution in [0.1, 0.15) is 32.1 Å². The van der Waals surface area contributed by atoms with Crippen molar-refractivity contribution < 1.29 is 9.59 Å². The highest BCUT2D eigenvalue weighted by molar-refractivity contribution is 5.93. The van der Waals surface area contributed by atoms with Gasteiger partial charge in [0.1, 0.15) is 0 Å². The van der Waals surface area contributed by atoms with E-state index in [1.165, 1.54) is 0 Å². The van der Waals surface area contributed by atoms with Crippen LogP contribution in [0.25, 0.3) is 0 Å². The second kappa shape index (κ2) is 8.54. The Hall–Kier alpha value is -1.88. The van der Waals surface area contributed by atoms with Crippen LogP contribution >= 0.6 is 0 Å². The summed E-state index contributed by atoms with van der Waals surface area (Å²) < 4.78 is 0. The molecule has 0 aliphatic carbocycles. The second-order valence-electron chi connectivity index (χ2n) is 5.83. The lowest BCUT2D eigenvalue weighted by atomic mass is 9.93. The number of piperidine rings is 1. The third kappa shape index (κ3) is 5.15. The van der Waals surface area contributed by atoms with Crippen LogP contribution in [-0.2, 0) is 9.59 Å². The first kappa shape index (κ1) is 16.5. The first-order chi connectivity index (χ1) is 10.7. The quantitative estimate of drug-likeness (QED) is 0.804. The molecule has 1 saturated heterocycles. The summed E-state index contributed by atoms with van der Waals surface area (Å²) in [6, 6.07) is 9.49. The Bertz CT molecular complexity index is 484. The molecule has 0 radical (unpaired) electrons. The van der Waals surface area contributed by atoms with Crippen molar-refractivity contribution >= 4 is 17.5 Å². The number of carbonyl (C=O) groups is 2. The molecule has 0 saturated carbocycles. The maximum Gasteiger partial charge on any atom is 0.226 e. The zero-order valence-corrected chi connectivity index (χ0v) is 13.0. The van der Waals surface area contributed by atoms with Crippen molar-refractivity contribution in [1.82, 2.24) is 5.32 Å². The summed E-state index contributed by atoms with van der Waals surface area (Å²) in [7, 11) is 0. The Kier molecular flexibility index (Phi) is 6.40. The van der Waals surface area contributed by atoms with E-state index < -0.39 is 0 Å². The molecule has 0 bridgehead atoms. The third-order valence-corrected chi connectivity index (χ3v) is 4.18. The fourth-order valence-corrected chi connectivity index (χ4v) is 2.86. The van der Waals surface area contributed by atoms with Gasteiger partial charge in [0.2, 0.25) is 11.8 Å². The van der Waals surface area contributed by atoms with Crippen molar-refractivity contribution in [1.29, 1.82) is 0 Å². The number of nitrogens with one attached hydrogen (secondary N) is 1. The van der Waals surface area contributed by atoms with Crippen molar-refractivity contribution in [2.45, 2.75) is 32.1 Å². The Labute approximate surface area is 131 Å². The summed E-state index contributed by atoms with van der Waals surface area (Å²) in [5, 5.41) is 3.34. The summed E-state index contributed by atoms with van der Waals surface area (Å²) in [6.45, 7) is 2.44. The van der Waals surface area contributed by atoms with E-state index in [1.807, 2.05) is 30.3 Å². The van der Waals surface area contributed by atoms with E-state index in [0.717, 1.165) is 38.0 Å². The molecule has 0 aromatic heterocycles. The molecule has 2 rings (SSSR count). The van der Waals surface area contributed by atoms with Gasteiger partial charge in [-0.05, 0) is 50.4 Å². The van der Waals surface area contributed by atoms with E-state index in [4.69, 9.17) is 5.73 Å². The van der Waals surface area contributed by atoms with Crippen molar-refractivity contribution in [2.75, 3.05) is 24.5 Å². The molecule has 1 heterocycles. The van der Waals surface area contributed by atoms with Gasteiger partial charge in [0.05, 0.1) is 0 Å². The molecule has 1 aromatic carbocycles. The molecule has 2 amide bonds. The molecule has 1 aliphatic heterocycles. The first-order valence-corrected chi connectivity index (χ1v) is 8.01. The van der Waals surface area contributed by atoms with Gasteiger partial charge in [-0.15, -0.1) is 0 Å². The Morgan fingerprint density at radius 2 is 1.82 bits per heavy atom. The average Bonchev–Trinajstić information content (AvgIpc) is 2.55. The number of rotatable bonds is 7. The molecule has 1 fully saturated rings. The normalized spacial score (nSPS) is 15.5. The summed E-state index contributed by atoms with van der Waals surface area (Å²) in [4.78, 5) is 25.3. The number of carbonyl (C=O) groups excluding carboxylic acids is 2. The number of amides is 2. The highest BCUT2D eigenvalue weighted by atomic mass is 16.2. The number of anilines is 1. The highest BCUT2D eigenvalue weighted by Crippen LogP contribution is 2.21. The van der Waals surface area contributed by atoms with Gasteiger partial charge in [-0.3, -0.25) is 9.59 Å². The summed E-state index contributed by atoms with van der Waals surface area (Å²) in [5.41, 5.74) is 6.06. The number of nitrogens with zero attached hydrogens (tertiary/aromatic N) is 1. The van der Waals surface area contributed by atoms with Crippen LogP contribution in [0, 0.1) is 5.92 Å². The van der Waals surface area contributed by atoms with E-state index >= 15 is 0 Å². The van der Waals surface area contributed by atoms with Gasteiger partial charge in [0, 0.05) is 25.1 Å². The smallest absolute Gasteiger partial charge is 0.226 e. The molecule has 120 valence electrons. The first-order valence-electron chi connectivity index (χ1n) is 8.01. The topological polar surface area (TPSA) is 75.4 Å². The van der Waals surface area contributed by atoms with Gasteiger partial charge in [-0.25, -0.2) is 0 Å². The molecule has 0 unspecified atom stereocenters. The van der Waals surface area contributed by atoms with Gasteiger partial charge in [-0.1, -0.05) is 18.2 Å². The monoisotopic (exact) mass is 303 g/mol. The van der Waals surface area contributed by atoms with Crippen molar-refractivity contribution in [3.8, 4) is 0 Å². The molecule has 0 spiro atoms. The maximum absolute atomic E-state index is 12.6. The van der Waals surface area contributed by atoms with E-state index in [2.05, 4.69) is 5.32 Å². The van der Waals surface area contributed by atoms with Gasteiger partial charge in [0.25, 0.3) is 0 Å². The standard InChI is InChI=1S/C17H25N3O2/c18-16(21)10-13-20(15-4-2-1-3-5-15)17(22)7-6-14-8-11-19-12-9-14/h1-5,14,19H,6-13H2,(H2,18,21). The highest BCUT2D eigenvalue weighted by Gasteiger charge is 2.19. The molecular weight excluding hydrogens is 278 g/mol. The van der Waals surface area contributed by atoms with E-state index in [-0.39, 0.29) is 18.2 Å². The predicted molar refractivity (Wildman–Crippen MR) is 87.4 cm³/mol. The molecule has 3 N–H and O–H groups in total.